The predicted octanol–water partition coefficient (Wildman–Crippen LogP) is 3.84. The lowest BCUT2D eigenvalue weighted by molar-refractivity contribution is -0.125. The fourth-order valence-corrected chi connectivity index (χ4v) is 3.31. The molecule has 3 aromatic rings. The molecule has 3 rings (SSSR count). The van der Waals surface area contributed by atoms with E-state index in [-0.39, 0.29) is 23.6 Å². The van der Waals surface area contributed by atoms with Crippen molar-refractivity contribution >= 4 is 17.6 Å². The van der Waals surface area contributed by atoms with Gasteiger partial charge in [0.05, 0.1) is 6.42 Å². The summed E-state index contributed by atoms with van der Waals surface area (Å²) < 4.78 is 40.8. The van der Waals surface area contributed by atoms with E-state index in [0.717, 1.165) is 12.1 Å². The van der Waals surface area contributed by atoms with Crippen LogP contribution in [0.15, 0.2) is 48.5 Å². The number of nitrogens with zero attached hydrogens (tertiary/aromatic N) is 1. The van der Waals surface area contributed by atoms with Crippen molar-refractivity contribution in [2.45, 2.75) is 38.6 Å². The Balaban J connectivity index is 1.61. The molecule has 2 aromatic carbocycles. The Morgan fingerprint density at radius 3 is 2.38 bits per heavy atom. The van der Waals surface area contributed by atoms with Crippen LogP contribution in [0.2, 0.25) is 0 Å². The molecule has 1 aromatic heterocycles. The fourth-order valence-electron chi connectivity index (χ4n) is 3.31. The molecule has 3 N–H and O–H groups in total. The molecular weight excluding hydrogens is 421 g/mol. The molecule has 1 heterocycles. The fraction of sp³-hybridized carbons (Fsp3) is 0.261. The van der Waals surface area contributed by atoms with Gasteiger partial charge in [0.2, 0.25) is 11.8 Å². The number of hydrogen-bond donors (Lipinski definition) is 3. The maximum absolute atomic E-state index is 14.2. The van der Waals surface area contributed by atoms with Gasteiger partial charge in [0.15, 0.2) is 5.82 Å². The molecule has 0 saturated heterocycles. The molecule has 0 aliphatic carbocycles. The monoisotopic (exact) mass is 444 g/mol. The minimum Gasteiger partial charge on any atom is -0.344 e. The summed E-state index contributed by atoms with van der Waals surface area (Å²) in [6.07, 6.45) is -0.282. The Morgan fingerprint density at radius 2 is 1.72 bits per heavy atom. The number of halogens is 3. The Kier molecular flexibility index (Phi) is 6.67. The average molecular weight is 444 g/mol. The zero-order valence-corrected chi connectivity index (χ0v) is 17.8. The summed E-state index contributed by atoms with van der Waals surface area (Å²) in [5.74, 6) is -2.82. The van der Waals surface area contributed by atoms with Gasteiger partial charge < -0.3 is 10.6 Å². The Hall–Kier alpha value is -3.62. The van der Waals surface area contributed by atoms with Crippen molar-refractivity contribution in [3.8, 4) is 0 Å². The third-order valence-corrected chi connectivity index (χ3v) is 5.11. The largest absolute Gasteiger partial charge is 0.344 e. The molecule has 168 valence electrons. The molecule has 9 heteroatoms. The quantitative estimate of drug-likeness (QED) is 0.518. The van der Waals surface area contributed by atoms with Crippen LogP contribution in [0.3, 0.4) is 0 Å². The van der Waals surface area contributed by atoms with Crippen LogP contribution in [-0.2, 0) is 21.4 Å². The summed E-state index contributed by atoms with van der Waals surface area (Å²) in [4.78, 5) is 24.6. The van der Waals surface area contributed by atoms with Crippen LogP contribution < -0.4 is 10.6 Å². The number of benzene rings is 2. The normalized spacial score (nSPS) is 12.3. The van der Waals surface area contributed by atoms with E-state index in [4.69, 9.17) is 0 Å². The summed E-state index contributed by atoms with van der Waals surface area (Å²) in [5, 5.41) is 11.9. The third-order valence-electron chi connectivity index (χ3n) is 5.11. The van der Waals surface area contributed by atoms with Gasteiger partial charge >= 0.3 is 0 Å². The van der Waals surface area contributed by atoms with Crippen LogP contribution in [0.1, 0.15) is 37.6 Å². The Labute approximate surface area is 183 Å². The molecule has 0 saturated carbocycles. The second kappa shape index (κ2) is 9.25. The number of H-pyrrole nitrogens is 1. The second-order valence-electron chi connectivity index (χ2n) is 8.00. The van der Waals surface area contributed by atoms with E-state index in [9.17, 15) is 22.8 Å². The number of nitrogens with one attached hydrogen (secondary N) is 3. The number of carbonyl (C=O) groups is 2. The smallest absolute Gasteiger partial charge is 0.247 e. The standard InChI is InChI=1S/C23H23F3N4O2/c1-13(27-21(31)10-14-8-15(24)11-16(25)9-14)22(32)28-20-12-19(29-30-20)23(2,3)17-6-4-5-7-18(17)26/h4-9,11-13H,10H2,1-3H3,(H,27,31)(H2,28,29,30,32)/t13-/m0/s1. The van der Waals surface area contributed by atoms with Crippen LogP contribution in [0.5, 0.6) is 0 Å². The number of amides is 2. The van der Waals surface area contributed by atoms with Crippen molar-refractivity contribution in [2.75, 3.05) is 5.32 Å². The highest BCUT2D eigenvalue weighted by molar-refractivity contribution is 5.96. The molecule has 0 radical (unpaired) electrons. The first kappa shape index (κ1) is 23.1. The van der Waals surface area contributed by atoms with Crippen molar-refractivity contribution in [3.05, 3.63) is 82.8 Å². The van der Waals surface area contributed by atoms with Gasteiger partial charge in [0.25, 0.3) is 0 Å². The van der Waals surface area contributed by atoms with Crippen molar-refractivity contribution in [2.24, 2.45) is 0 Å². The van der Waals surface area contributed by atoms with Gasteiger partial charge in [-0.2, -0.15) is 5.10 Å². The molecule has 0 unspecified atom stereocenters. The first-order valence-corrected chi connectivity index (χ1v) is 9.92. The highest BCUT2D eigenvalue weighted by atomic mass is 19.1. The second-order valence-corrected chi connectivity index (χ2v) is 8.00. The zero-order valence-electron chi connectivity index (χ0n) is 17.8. The SMILES string of the molecule is C[C@H](NC(=O)Cc1cc(F)cc(F)c1)C(=O)Nc1cc(C(C)(C)c2ccccc2F)[nH]n1. The lowest BCUT2D eigenvalue weighted by atomic mass is 9.81. The van der Waals surface area contributed by atoms with E-state index in [2.05, 4.69) is 20.8 Å². The van der Waals surface area contributed by atoms with Crippen molar-refractivity contribution in [1.82, 2.24) is 15.5 Å². The molecule has 0 spiro atoms. The van der Waals surface area contributed by atoms with E-state index in [1.165, 1.54) is 13.0 Å². The number of aromatic amines is 1. The molecule has 0 fully saturated rings. The van der Waals surface area contributed by atoms with Crippen LogP contribution in [0.4, 0.5) is 19.0 Å². The van der Waals surface area contributed by atoms with Gasteiger partial charge in [-0.1, -0.05) is 32.0 Å². The molecule has 1 atom stereocenters. The topological polar surface area (TPSA) is 86.9 Å². The summed E-state index contributed by atoms with van der Waals surface area (Å²) in [7, 11) is 0. The summed E-state index contributed by atoms with van der Waals surface area (Å²) >= 11 is 0. The number of carbonyl (C=O) groups excluding carboxylic acids is 2. The zero-order chi connectivity index (χ0) is 23.5. The van der Waals surface area contributed by atoms with Crippen molar-refractivity contribution < 1.29 is 22.8 Å². The van der Waals surface area contributed by atoms with Crippen LogP contribution in [0.25, 0.3) is 0 Å². The minimum absolute atomic E-state index is 0.153. The van der Waals surface area contributed by atoms with Gasteiger partial charge in [0.1, 0.15) is 23.5 Å². The maximum Gasteiger partial charge on any atom is 0.247 e. The van der Waals surface area contributed by atoms with Gasteiger partial charge in [-0.25, -0.2) is 13.2 Å². The van der Waals surface area contributed by atoms with Crippen LogP contribution >= 0.6 is 0 Å². The molecular formula is C23H23F3N4O2. The van der Waals surface area contributed by atoms with Crippen LogP contribution in [-0.4, -0.2) is 28.1 Å². The van der Waals surface area contributed by atoms with E-state index >= 15 is 0 Å². The van der Waals surface area contributed by atoms with Gasteiger partial charge in [0, 0.05) is 23.2 Å². The Morgan fingerprint density at radius 1 is 1.06 bits per heavy atom. The molecule has 0 bridgehead atoms. The van der Waals surface area contributed by atoms with E-state index in [1.54, 1.807) is 24.3 Å². The van der Waals surface area contributed by atoms with Gasteiger partial charge in [-0.05, 0) is 36.2 Å². The molecule has 32 heavy (non-hydrogen) atoms. The molecule has 0 aliphatic heterocycles. The average Bonchev–Trinajstić information content (AvgIpc) is 3.16. The number of hydrogen-bond acceptors (Lipinski definition) is 3. The molecule has 2 amide bonds. The van der Waals surface area contributed by atoms with Crippen molar-refractivity contribution in [1.29, 1.82) is 0 Å². The van der Waals surface area contributed by atoms with Gasteiger partial charge in [-0.3, -0.25) is 14.7 Å². The number of anilines is 1. The summed E-state index contributed by atoms with van der Waals surface area (Å²) in [5.41, 5.74) is 0.472. The Bertz CT molecular complexity index is 1120. The highest BCUT2D eigenvalue weighted by Gasteiger charge is 2.28. The minimum atomic E-state index is -0.930. The predicted molar refractivity (Wildman–Crippen MR) is 113 cm³/mol. The lowest BCUT2D eigenvalue weighted by Gasteiger charge is -2.24. The summed E-state index contributed by atoms with van der Waals surface area (Å²) in [6.45, 7) is 5.11. The third kappa shape index (κ3) is 5.35. The highest BCUT2D eigenvalue weighted by Crippen LogP contribution is 2.32. The number of aromatic nitrogens is 2. The van der Waals surface area contributed by atoms with E-state index in [1.807, 2.05) is 13.8 Å². The van der Waals surface area contributed by atoms with Crippen LogP contribution in [0, 0.1) is 17.5 Å². The van der Waals surface area contributed by atoms with Gasteiger partial charge in [-0.15, -0.1) is 0 Å². The van der Waals surface area contributed by atoms with Crippen molar-refractivity contribution in [3.63, 3.8) is 0 Å². The molecule has 0 aliphatic rings. The first-order chi connectivity index (χ1) is 15.1. The lowest BCUT2D eigenvalue weighted by Crippen LogP contribution is -2.42. The summed E-state index contributed by atoms with van der Waals surface area (Å²) in [6, 6.07) is 9.87. The first-order valence-electron chi connectivity index (χ1n) is 9.92. The number of rotatable bonds is 7. The van der Waals surface area contributed by atoms with E-state index in [0.29, 0.717) is 17.3 Å². The van der Waals surface area contributed by atoms with E-state index < -0.39 is 34.9 Å². The maximum atomic E-state index is 14.2. The molecule has 6 nitrogen and oxygen atoms in total.